The van der Waals surface area contributed by atoms with Crippen molar-refractivity contribution in [2.75, 3.05) is 66.0 Å². The third-order valence-corrected chi connectivity index (χ3v) is 5.76. The smallest absolute Gasteiger partial charge is 0.191 e. The van der Waals surface area contributed by atoms with Crippen molar-refractivity contribution in [3.05, 3.63) is 0 Å². The monoisotopic (exact) mass is 366 g/mol. The van der Waals surface area contributed by atoms with Crippen molar-refractivity contribution >= 4 is 5.96 Å². The maximum Gasteiger partial charge on any atom is 0.191 e. The number of likely N-dealkylation sites (tertiary alicyclic amines) is 1. The number of likely N-dealkylation sites (N-methyl/N-ethyl adjacent to an activating group) is 1. The van der Waals surface area contributed by atoms with Gasteiger partial charge < -0.3 is 20.4 Å². The number of rotatable bonds is 7. The van der Waals surface area contributed by atoms with Gasteiger partial charge in [0.15, 0.2) is 5.96 Å². The lowest BCUT2D eigenvalue weighted by Crippen LogP contribution is -2.47. The lowest BCUT2D eigenvalue weighted by Gasteiger charge is -2.33. The summed E-state index contributed by atoms with van der Waals surface area (Å²) in [4.78, 5) is 12.5. The molecule has 3 atom stereocenters. The molecule has 3 unspecified atom stereocenters. The molecule has 2 saturated heterocycles. The van der Waals surface area contributed by atoms with E-state index in [-0.39, 0.29) is 0 Å². The number of nitrogens with one attached hydrogen (secondary N) is 2. The quantitative estimate of drug-likeness (QED) is 0.523. The van der Waals surface area contributed by atoms with E-state index < -0.39 is 0 Å². The molecule has 0 saturated carbocycles. The zero-order valence-electron chi connectivity index (χ0n) is 18.0. The Morgan fingerprint density at radius 2 is 1.81 bits per heavy atom. The Bertz CT molecular complexity index is 430. The predicted molar refractivity (Wildman–Crippen MR) is 112 cm³/mol. The molecular formula is C20H42N6. The van der Waals surface area contributed by atoms with Crippen molar-refractivity contribution in [2.45, 2.75) is 46.7 Å². The topological polar surface area (TPSA) is 46.1 Å². The number of hydrogen-bond donors (Lipinski definition) is 2. The van der Waals surface area contributed by atoms with Crippen LogP contribution in [0, 0.1) is 11.8 Å². The van der Waals surface area contributed by atoms with Crippen molar-refractivity contribution < 1.29 is 0 Å². The molecule has 6 heteroatoms. The molecule has 6 nitrogen and oxygen atoms in total. The summed E-state index contributed by atoms with van der Waals surface area (Å²) in [5.74, 6) is 2.23. The van der Waals surface area contributed by atoms with Gasteiger partial charge in [0.05, 0.1) is 0 Å². The standard InChI is InChI=1S/C20H42N6/c1-7-21-20(23-19-15-26(16(2)3)14-18(19)5)22-12-17(4)13-25-10-8-24(6)9-11-25/h16-19H,7-15H2,1-6H3,(H2,21,22,23). The molecule has 2 N–H and O–H groups in total. The highest BCUT2D eigenvalue weighted by molar-refractivity contribution is 5.80. The lowest BCUT2D eigenvalue weighted by atomic mass is 10.1. The molecule has 0 bridgehead atoms. The molecule has 152 valence electrons. The van der Waals surface area contributed by atoms with Gasteiger partial charge in [-0.3, -0.25) is 9.89 Å². The van der Waals surface area contributed by atoms with Crippen molar-refractivity contribution in [1.29, 1.82) is 0 Å². The molecule has 0 aromatic rings. The van der Waals surface area contributed by atoms with Gasteiger partial charge in [-0.1, -0.05) is 13.8 Å². The van der Waals surface area contributed by atoms with E-state index in [0.29, 0.717) is 23.9 Å². The van der Waals surface area contributed by atoms with E-state index >= 15 is 0 Å². The fourth-order valence-electron chi connectivity index (χ4n) is 3.89. The van der Waals surface area contributed by atoms with Gasteiger partial charge in [-0.2, -0.15) is 0 Å². The highest BCUT2D eigenvalue weighted by atomic mass is 15.3. The second-order valence-corrected chi connectivity index (χ2v) is 8.70. The van der Waals surface area contributed by atoms with E-state index in [2.05, 4.69) is 67.0 Å². The van der Waals surface area contributed by atoms with E-state index in [0.717, 1.165) is 32.1 Å². The molecule has 0 amide bonds. The van der Waals surface area contributed by atoms with Gasteiger partial charge in [0.25, 0.3) is 0 Å². The van der Waals surface area contributed by atoms with Gasteiger partial charge in [-0.15, -0.1) is 0 Å². The summed E-state index contributed by atoms with van der Waals surface area (Å²) in [5, 5.41) is 7.13. The normalized spacial score (nSPS) is 27.9. The van der Waals surface area contributed by atoms with Crippen LogP contribution in [-0.2, 0) is 0 Å². The molecule has 0 aromatic carbocycles. The van der Waals surface area contributed by atoms with Crippen LogP contribution in [-0.4, -0.2) is 98.7 Å². The predicted octanol–water partition coefficient (Wildman–Crippen LogP) is 1.15. The lowest BCUT2D eigenvalue weighted by molar-refractivity contribution is 0.140. The van der Waals surface area contributed by atoms with Crippen LogP contribution < -0.4 is 10.6 Å². The highest BCUT2D eigenvalue weighted by Crippen LogP contribution is 2.18. The molecular weight excluding hydrogens is 324 g/mol. The molecule has 0 aromatic heterocycles. The molecule has 0 aliphatic carbocycles. The van der Waals surface area contributed by atoms with Gasteiger partial charge in [0.1, 0.15) is 0 Å². The summed E-state index contributed by atoms with van der Waals surface area (Å²) < 4.78 is 0. The Hall–Kier alpha value is -0.850. The Labute approximate surface area is 161 Å². The van der Waals surface area contributed by atoms with Crippen LogP contribution in [0.25, 0.3) is 0 Å². The first-order chi connectivity index (χ1) is 12.4. The van der Waals surface area contributed by atoms with E-state index in [4.69, 9.17) is 4.99 Å². The molecule has 2 heterocycles. The van der Waals surface area contributed by atoms with E-state index in [1.807, 2.05) is 0 Å². The van der Waals surface area contributed by atoms with Crippen molar-refractivity contribution in [2.24, 2.45) is 16.8 Å². The second kappa shape index (κ2) is 10.5. The summed E-state index contributed by atoms with van der Waals surface area (Å²) >= 11 is 0. The van der Waals surface area contributed by atoms with Crippen LogP contribution in [0.3, 0.4) is 0 Å². The molecule has 2 rings (SSSR count). The van der Waals surface area contributed by atoms with Gasteiger partial charge in [0.2, 0.25) is 0 Å². The number of aliphatic imine (C=N–C) groups is 1. The molecule has 0 spiro atoms. The third-order valence-electron chi connectivity index (χ3n) is 5.76. The van der Waals surface area contributed by atoms with Gasteiger partial charge in [0, 0.05) is 71.0 Å². The maximum absolute atomic E-state index is 4.90. The van der Waals surface area contributed by atoms with Crippen LogP contribution in [0.2, 0.25) is 0 Å². The Balaban J connectivity index is 1.82. The van der Waals surface area contributed by atoms with Crippen LogP contribution in [0.1, 0.15) is 34.6 Å². The first-order valence-electron chi connectivity index (χ1n) is 10.6. The van der Waals surface area contributed by atoms with Gasteiger partial charge in [-0.05, 0) is 39.7 Å². The summed E-state index contributed by atoms with van der Waals surface area (Å²) in [6.45, 7) is 21.4. The van der Waals surface area contributed by atoms with E-state index in [1.54, 1.807) is 0 Å². The summed E-state index contributed by atoms with van der Waals surface area (Å²) in [5.41, 5.74) is 0. The minimum atomic E-state index is 0.489. The first kappa shape index (κ1) is 21.5. The van der Waals surface area contributed by atoms with Crippen molar-refractivity contribution in [1.82, 2.24) is 25.3 Å². The number of piperazine rings is 1. The second-order valence-electron chi connectivity index (χ2n) is 8.70. The number of hydrogen-bond acceptors (Lipinski definition) is 4. The van der Waals surface area contributed by atoms with Gasteiger partial charge >= 0.3 is 0 Å². The molecule has 2 fully saturated rings. The van der Waals surface area contributed by atoms with E-state index in [1.165, 1.54) is 32.7 Å². The Kier molecular flexibility index (Phi) is 8.64. The minimum absolute atomic E-state index is 0.489. The number of nitrogens with zero attached hydrogens (tertiary/aromatic N) is 4. The molecule has 2 aliphatic heterocycles. The fraction of sp³-hybridized carbons (Fsp3) is 0.950. The average Bonchev–Trinajstić information content (AvgIpc) is 2.96. The van der Waals surface area contributed by atoms with Crippen molar-refractivity contribution in [3.63, 3.8) is 0 Å². The zero-order valence-corrected chi connectivity index (χ0v) is 18.0. The average molecular weight is 367 g/mol. The molecule has 0 radical (unpaired) electrons. The Morgan fingerprint density at radius 3 is 2.38 bits per heavy atom. The van der Waals surface area contributed by atoms with Crippen LogP contribution >= 0.6 is 0 Å². The summed E-state index contributed by atoms with van der Waals surface area (Å²) in [6, 6.07) is 1.11. The molecule has 2 aliphatic rings. The maximum atomic E-state index is 4.90. The highest BCUT2D eigenvalue weighted by Gasteiger charge is 2.31. The van der Waals surface area contributed by atoms with Crippen LogP contribution in [0.15, 0.2) is 4.99 Å². The largest absolute Gasteiger partial charge is 0.357 e. The third kappa shape index (κ3) is 6.71. The summed E-state index contributed by atoms with van der Waals surface area (Å²) in [7, 11) is 2.21. The number of guanidine groups is 1. The minimum Gasteiger partial charge on any atom is -0.357 e. The van der Waals surface area contributed by atoms with Crippen LogP contribution in [0.4, 0.5) is 0 Å². The first-order valence-corrected chi connectivity index (χ1v) is 10.6. The van der Waals surface area contributed by atoms with Crippen molar-refractivity contribution in [3.8, 4) is 0 Å². The zero-order chi connectivity index (χ0) is 19.1. The fourth-order valence-corrected chi connectivity index (χ4v) is 3.89. The van der Waals surface area contributed by atoms with Crippen LogP contribution in [0.5, 0.6) is 0 Å². The Morgan fingerprint density at radius 1 is 1.12 bits per heavy atom. The van der Waals surface area contributed by atoms with Gasteiger partial charge in [-0.25, -0.2) is 0 Å². The SMILES string of the molecule is CCNC(=NCC(C)CN1CCN(C)CC1)NC1CN(C(C)C)CC1C. The summed E-state index contributed by atoms with van der Waals surface area (Å²) in [6.07, 6.45) is 0. The van der Waals surface area contributed by atoms with E-state index in [9.17, 15) is 0 Å². The molecule has 26 heavy (non-hydrogen) atoms.